The van der Waals surface area contributed by atoms with Crippen LogP contribution in [0.1, 0.15) is 24.5 Å². The van der Waals surface area contributed by atoms with Crippen molar-refractivity contribution in [2.75, 3.05) is 30.8 Å². The lowest BCUT2D eigenvalue weighted by Gasteiger charge is -2.34. The maximum atomic E-state index is 14.1. The molecule has 3 rings (SSSR count). The fraction of sp³-hybridized carbons (Fsp3) is 0.310. The summed E-state index contributed by atoms with van der Waals surface area (Å²) in [6.07, 6.45) is 1.98. The lowest BCUT2D eigenvalue weighted by atomic mass is 10.0. The number of hydrogen-bond acceptors (Lipinski definition) is 5. The predicted octanol–water partition coefficient (Wildman–Crippen LogP) is 4.28. The molecule has 0 spiro atoms. The van der Waals surface area contributed by atoms with Gasteiger partial charge in [0.2, 0.25) is 21.8 Å². The summed E-state index contributed by atoms with van der Waals surface area (Å²) in [6, 6.07) is 22.1. The van der Waals surface area contributed by atoms with Gasteiger partial charge in [-0.05, 0) is 35.7 Å². The molecule has 1 atom stereocenters. The number of amides is 2. The minimum atomic E-state index is -3.90. The van der Waals surface area contributed by atoms with Gasteiger partial charge in [0, 0.05) is 24.5 Å². The number of para-hydroxylation sites is 2. The topological polar surface area (TPSA) is 96.0 Å². The number of anilines is 1. The minimum Gasteiger partial charge on any atom is -0.495 e. The zero-order valence-electron chi connectivity index (χ0n) is 22.3. The van der Waals surface area contributed by atoms with Gasteiger partial charge in [-0.2, -0.15) is 0 Å². The standard InChI is InChI=1S/C29H34ClN3O5S/c1-4-18-31-29(35)26(19-22-12-6-5-7-13-22)32(20-23-14-8-9-15-24(23)30)28(34)21-33(39(3,36)37)25-16-10-11-17-27(25)38-2/h5-17,26H,4,18-21H2,1-3H3,(H,31,35). The fourth-order valence-corrected chi connectivity index (χ4v) is 5.21. The van der Waals surface area contributed by atoms with E-state index in [0.717, 1.165) is 22.5 Å². The van der Waals surface area contributed by atoms with Crippen molar-refractivity contribution in [2.24, 2.45) is 0 Å². The number of benzene rings is 3. The minimum absolute atomic E-state index is 0.0130. The van der Waals surface area contributed by atoms with Crippen LogP contribution in [0, 0.1) is 0 Å². The Balaban J connectivity index is 2.07. The van der Waals surface area contributed by atoms with Crippen LogP contribution in [0.25, 0.3) is 0 Å². The third-order valence-electron chi connectivity index (χ3n) is 6.15. The van der Waals surface area contributed by atoms with Crippen LogP contribution < -0.4 is 14.4 Å². The summed E-state index contributed by atoms with van der Waals surface area (Å²) in [5, 5.41) is 3.34. The number of nitrogens with one attached hydrogen (secondary N) is 1. The largest absolute Gasteiger partial charge is 0.495 e. The van der Waals surface area contributed by atoms with Crippen LogP contribution in [0.2, 0.25) is 5.02 Å². The van der Waals surface area contributed by atoms with Crippen molar-refractivity contribution in [3.05, 3.63) is 95.0 Å². The lowest BCUT2D eigenvalue weighted by molar-refractivity contribution is -0.140. The first kappa shape index (κ1) is 30.0. The van der Waals surface area contributed by atoms with Gasteiger partial charge in [0.05, 0.1) is 19.1 Å². The van der Waals surface area contributed by atoms with Crippen LogP contribution in [0.15, 0.2) is 78.9 Å². The predicted molar refractivity (Wildman–Crippen MR) is 154 cm³/mol. The first-order valence-corrected chi connectivity index (χ1v) is 14.8. The zero-order chi connectivity index (χ0) is 28.4. The Hall–Kier alpha value is -3.56. The number of methoxy groups -OCH3 is 1. The Morgan fingerprint density at radius 1 is 0.974 bits per heavy atom. The molecular weight excluding hydrogens is 538 g/mol. The molecule has 0 aromatic heterocycles. The van der Waals surface area contributed by atoms with Crippen molar-refractivity contribution in [3.8, 4) is 5.75 Å². The molecule has 0 fully saturated rings. The maximum absolute atomic E-state index is 14.1. The molecule has 208 valence electrons. The van der Waals surface area contributed by atoms with Gasteiger partial charge < -0.3 is 15.0 Å². The number of carbonyl (C=O) groups excluding carboxylic acids is 2. The van der Waals surface area contributed by atoms with Gasteiger partial charge in [0.25, 0.3) is 0 Å². The summed E-state index contributed by atoms with van der Waals surface area (Å²) in [6.45, 7) is 1.86. The van der Waals surface area contributed by atoms with Gasteiger partial charge in [0.1, 0.15) is 18.3 Å². The number of sulfonamides is 1. The number of ether oxygens (including phenoxy) is 1. The summed E-state index contributed by atoms with van der Waals surface area (Å²) in [5.41, 5.74) is 1.72. The highest BCUT2D eigenvalue weighted by atomic mass is 35.5. The second-order valence-corrected chi connectivity index (χ2v) is 11.4. The Morgan fingerprint density at radius 3 is 2.26 bits per heavy atom. The van der Waals surface area contributed by atoms with Crippen LogP contribution >= 0.6 is 11.6 Å². The van der Waals surface area contributed by atoms with Gasteiger partial charge in [-0.15, -0.1) is 0 Å². The number of halogens is 1. The summed E-state index contributed by atoms with van der Waals surface area (Å²) < 4.78 is 32.2. The molecule has 0 aliphatic heterocycles. The number of hydrogen-bond donors (Lipinski definition) is 1. The van der Waals surface area contributed by atoms with Gasteiger partial charge in [-0.1, -0.05) is 79.2 Å². The molecule has 1 unspecified atom stereocenters. The van der Waals surface area contributed by atoms with E-state index >= 15 is 0 Å². The highest BCUT2D eigenvalue weighted by Gasteiger charge is 2.33. The van der Waals surface area contributed by atoms with Crippen LogP contribution in [0.4, 0.5) is 5.69 Å². The monoisotopic (exact) mass is 571 g/mol. The normalized spacial score (nSPS) is 11.9. The fourth-order valence-electron chi connectivity index (χ4n) is 4.16. The van der Waals surface area contributed by atoms with Crippen molar-refractivity contribution < 1.29 is 22.7 Å². The first-order chi connectivity index (χ1) is 18.7. The average Bonchev–Trinajstić information content (AvgIpc) is 2.93. The van der Waals surface area contributed by atoms with Gasteiger partial charge in [0.15, 0.2) is 0 Å². The van der Waals surface area contributed by atoms with Gasteiger partial charge in [-0.25, -0.2) is 8.42 Å². The lowest BCUT2D eigenvalue weighted by Crippen LogP contribution is -2.53. The van der Waals surface area contributed by atoms with E-state index in [1.807, 2.05) is 37.3 Å². The van der Waals surface area contributed by atoms with E-state index in [1.165, 1.54) is 12.0 Å². The van der Waals surface area contributed by atoms with E-state index in [1.54, 1.807) is 48.5 Å². The third-order valence-corrected chi connectivity index (χ3v) is 7.65. The number of rotatable bonds is 13. The van der Waals surface area contributed by atoms with Gasteiger partial charge in [-0.3, -0.25) is 13.9 Å². The molecule has 0 aliphatic rings. The van der Waals surface area contributed by atoms with Crippen molar-refractivity contribution >= 4 is 39.1 Å². The van der Waals surface area contributed by atoms with Crippen molar-refractivity contribution in [2.45, 2.75) is 32.4 Å². The molecular formula is C29H34ClN3O5S. The molecule has 1 N–H and O–H groups in total. The van der Waals surface area contributed by atoms with E-state index in [0.29, 0.717) is 22.9 Å². The SMILES string of the molecule is CCCNC(=O)C(Cc1ccccc1)N(Cc1ccccc1Cl)C(=O)CN(c1ccccc1OC)S(C)(=O)=O. The maximum Gasteiger partial charge on any atom is 0.244 e. The van der Waals surface area contributed by atoms with E-state index in [2.05, 4.69) is 5.32 Å². The molecule has 3 aromatic carbocycles. The third kappa shape index (κ3) is 8.21. The molecule has 0 aliphatic carbocycles. The Bertz CT molecular complexity index is 1370. The quantitative estimate of drug-likeness (QED) is 0.330. The molecule has 0 saturated carbocycles. The van der Waals surface area contributed by atoms with Crippen LogP contribution in [0.3, 0.4) is 0 Å². The summed E-state index contributed by atoms with van der Waals surface area (Å²) in [5.74, 6) is -0.585. The molecule has 3 aromatic rings. The van der Waals surface area contributed by atoms with E-state index in [9.17, 15) is 18.0 Å². The molecule has 2 amide bonds. The molecule has 0 saturated heterocycles. The van der Waals surface area contributed by atoms with Crippen molar-refractivity contribution in [3.63, 3.8) is 0 Å². The van der Waals surface area contributed by atoms with Crippen molar-refractivity contribution in [1.29, 1.82) is 0 Å². The molecule has 0 bridgehead atoms. The highest BCUT2D eigenvalue weighted by Crippen LogP contribution is 2.30. The second kappa shape index (κ2) is 14.0. The summed E-state index contributed by atoms with van der Waals surface area (Å²) in [4.78, 5) is 29.0. The van der Waals surface area contributed by atoms with Gasteiger partial charge >= 0.3 is 0 Å². The Kier molecular flexibility index (Phi) is 10.8. The number of nitrogens with zero attached hydrogens (tertiary/aromatic N) is 2. The van der Waals surface area contributed by atoms with Crippen LogP contribution in [0.5, 0.6) is 5.75 Å². The second-order valence-electron chi connectivity index (χ2n) is 9.05. The van der Waals surface area contributed by atoms with E-state index in [-0.39, 0.29) is 24.6 Å². The molecule has 8 nitrogen and oxygen atoms in total. The molecule has 39 heavy (non-hydrogen) atoms. The highest BCUT2D eigenvalue weighted by molar-refractivity contribution is 7.92. The average molecular weight is 572 g/mol. The summed E-state index contributed by atoms with van der Waals surface area (Å²) >= 11 is 6.45. The molecule has 0 heterocycles. The van der Waals surface area contributed by atoms with E-state index in [4.69, 9.17) is 16.3 Å². The first-order valence-electron chi connectivity index (χ1n) is 12.6. The van der Waals surface area contributed by atoms with Crippen LogP contribution in [-0.2, 0) is 32.6 Å². The summed E-state index contributed by atoms with van der Waals surface area (Å²) in [7, 11) is -2.47. The van der Waals surface area contributed by atoms with Crippen molar-refractivity contribution in [1.82, 2.24) is 10.2 Å². The molecule has 10 heteroatoms. The number of carbonyl (C=O) groups is 2. The molecule has 0 radical (unpaired) electrons. The smallest absolute Gasteiger partial charge is 0.244 e. The van der Waals surface area contributed by atoms with E-state index < -0.39 is 28.5 Å². The van der Waals surface area contributed by atoms with Crippen LogP contribution in [-0.4, -0.2) is 57.6 Å². The zero-order valence-corrected chi connectivity index (χ0v) is 23.9. The Labute approximate surface area is 235 Å². The Morgan fingerprint density at radius 2 is 1.62 bits per heavy atom.